The highest BCUT2D eigenvalue weighted by atomic mass is 79.9. The monoisotopic (exact) mass is 344 g/mol. The van der Waals surface area contributed by atoms with Gasteiger partial charge in [0.25, 0.3) is 0 Å². The van der Waals surface area contributed by atoms with Gasteiger partial charge in [0.05, 0.1) is 6.61 Å². The zero-order chi connectivity index (χ0) is 14.8. The van der Waals surface area contributed by atoms with Gasteiger partial charge in [0.15, 0.2) is 0 Å². The van der Waals surface area contributed by atoms with Gasteiger partial charge in [-0.05, 0) is 30.7 Å². The third-order valence-electron chi connectivity index (χ3n) is 2.83. The van der Waals surface area contributed by atoms with Gasteiger partial charge in [-0.15, -0.1) is 0 Å². The number of halogens is 1. The van der Waals surface area contributed by atoms with Crippen LogP contribution in [0.1, 0.15) is 12.8 Å². The van der Waals surface area contributed by atoms with Crippen molar-refractivity contribution in [2.75, 3.05) is 38.2 Å². The first-order valence-electron chi connectivity index (χ1n) is 6.65. The largest absolute Gasteiger partial charge is 0.396 e. The lowest BCUT2D eigenvalue weighted by molar-refractivity contribution is -0.116. The lowest BCUT2D eigenvalue weighted by Gasteiger charge is -2.20. The van der Waals surface area contributed by atoms with Gasteiger partial charge < -0.3 is 20.4 Å². The standard InChI is InChI=1S/C14H21BrN2O3/c15-12-2-4-13(5-3-12)16-14(20)6-8-17(9-11-19)7-1-10-18/h2-5,18-19H,1,6-11H2,(H,16,20). The van der Waals surface area contributed by atoms with Crippen molar-refractivity contribution in [3.05, 3.63) is 28.7 Å². The Balaban J connectivity index is 2.34. The second kappa shape index (κ2) is 9.88. The summed E-state index contributed by atoms with van der Waals surface area (Å²) >= 11 is 3.34. The molecule has 1 aromatic rings. The van der Waals surface area contributed by atoms with E-state index in [-0.39, 0.29) is 19.1 Å². The minimum Gasteiger partial charge on any atom is -0.396 e. The molecule has 0 saturated heterocycles. The predicted molar refractivity (Wildman–Crippen MR) is 82.6 cm³/mol. The molecule has 0 bridgehead atoms. The van der Waals surface area contributed by atoms with E-state index in [9.17, 15) is 4.79 Å². The van der Waals surface area contributed by atoms with Gasteiger partial charge in [0, 0.05) is 42.8 Å². The molecule has 112 valence electrons. The van der Waals surface area contributed by atoms with Crippen molar-refractivity contribution < 1.29 is 15.0 Å². The first kappa shape index (κ1) is 17.1. The van der Waals surface area contributed by atoms with Crippen molar-refractivity contribution >= 4 is 27.5 Å². The molecule has 20 heavy (non-hydrogen) atoms. The van der Waals surface area contributed by atoms with Crippen molar-refractivity contribution in [3.8, 4) is 0 Å². The van der Waals surface area contributed by atoms with Gasteiger partial charge in [-0.25, -0.2) is 0 Å². The highest BCUT2D eigenvalue weighted by Crippen LogP contribution is 2.14. The van der Waals surface area contributed by atoms with Crippen molar-refractivity contribution in [1.82, 2.24) is 4.90 Å². The number of anilines is 1. The number of hydrogen-bond donors (Lipinski definition) is 3. The Bertz CT molecular complexity index is 398. The number of aliphatic hydroxyl groups excluding tert-OH is 2. The average Bonchev–Trinajstić information content (AvgIpc) is 2.44. The summed E-state index contributed by atoms with van der Waals surface area (Å²) in [4.78, 5) is 13.8. The number of nitrogens with one attached hydrogen (secondary N) is 1. The summed E-state index contributed by atoms with van der Waals surface area (Å²) in [5.41, 5.74) is 0.766. The second-order valence-electron chi connectivity index (χ2n) is 4.45. The number of amides is 1. The van der Waals surface area contributed by atoms with Crippen LogP contribution < -0.4 is 5.32 Å². The van der Waals surface area contributed by atoms with Crippen LogP contribution in [0, 0.1) is 0 Å². The van der Waals surface area contributed by atoms with Crippen LogP contribution in [0.5, 0.6) is 0 Å². The third kappa shape index (κ3) is 7.00. The average molecular weight is 345 g/mol. The van der Waals surface area contributed by atoms with Crippen LogP contribution in [0.4, 0.5) is 5.69 Å². The van der Waals surface area contributed by atoms with Gasteiger partial charge >= 0.3 is 0 Å². The number of aliphatic hydroxyl groups is 2. The summed E-state index contributed by atoms with van der Waals surface area (Å²) in [5, 5.41) is 20.6. The molecule has 0 fully saturated rings. The molecule has 1 rings (SSSR count). The fourth-order valence-corrected chi connectivity index (χ4v) is 2.05. The zero-order valence-corrected chi connectivity index (χ0v) is 13.0. The number of carbonyl (C=O) groups excluding carboxylic acids is 1. The number of hydrogen-bond acceptors (Lipinski definition) is 4. The quantitative estimate of drug-likeness (QED) is 0.634. The molecule has 0 unspecified atom stereocenters. The normalized spacial score (nSPS) is 10.8. The SMILES string of the molecule is O=C(CCN(CCO)CCCO)Nc1ccc(Br)cc1. The summed E-state index contributed by atoms with van der Waals surface area (Å²) in [7, 11) is 0. The molecule has 0 aromatic heterocycles. The maximum absolute atomic E-state index is 11.8. The minimum atomic E-state index is -0.0562. The van der Waals surface area contributed by atoms with Crippen LogP contribution in [0.2, 0.25) is 0 Å². The molecule has 0 aliphatic rings. The van der Waals surface area contributed by atoms with E-state index in [1.165, 1.54) is 0 Å². The molecule has 1 aromatic carbocycles. The van der Waals surface area contributed by atoms with Gasteiger partial charge in [-0.3, -0.25) is 4.79 Å². The second-order valence-corrected chi connectivity index (χ2v) is 5.36. The van der Waals surface area contributed by atoms with E-state index in [1.807, 2.05) is 29.2 Å². The van der Waals surface area contributed by atoms with E-state index in [0.717, 1.165) is 10.2 Å². The van der Waals surface area contributed by atoms with Crippen molar-refractivity contribution in [2.24, 2.45) is 0 Å². The first-order chi connectivity index (χ1) is 9.65. The van der Waals surface area contributed by atoms with E-state index in [0.29, 0.717) is 32.5 Å². The molecule has 0 heterocycles. The Morgan fingerprint density at radius 2 is 1.80 bits per heavy atom. The molecule has 5 nitrogen and oxygen atoms in total. The zero-order valence-electron chi connectivity index (χ0n) is 11.4. The van der Waals surface area contributed by atoms with Crippen molar-refractivity contribution in [1.29, 1.82) is 0 Å². The van der Waals surface area contributed by atoms with E-state index in [1.54, 1.807) is 0 Å². The summed E-state index contributed by atoms with van der Waals surface area (Å²) < 4.78 is 0.966. The number of rotatable bonds is 9. The number of benzene rings is 1. The summed E-state index contributed by atoms with van der Waals surface area (Å²) in [6.45, 7) is 1.95. The van der Waals surface area contributed by atoms with E-state index in [2.05, 4.69) is 21.2 Å². The van der Waals surface area contributed by atoms with Crippen LogP contribution in [0.25, 0.3) is 0 Å². The lowest BCUT2D eigenvalue weighted by Crippen LogP contribution is -2.31. The van der Waals surface area contributed by atoms with E-state index in [4.69, 9.17) is 10.2 Å². The van der Waals surface area contributed by atoms with Gasteiger partial charge in [-0.1, -0.05) is 15.9 Å². The van der Waals surface area contributed by atoms with Crippen molar-refractivity contribution in [2.45, 2.75) is 12.8 Å². The number of carbonyl (C=O) groups is 1. The summed E-state index contributed by atoms with van der Waals surface area (Å²) in [6, 6.07) is 7.41. The molecule has 3 N–H and O–H groups in total. The van der Waals surface area contributed by atoms with Crippen LogP contribution >= 0.6 is 15.9 Å². The maximum atomic E-state index is 11.8. The highest BCUT2D eigenvalue weighted by molar-refractivity contribution is 9.10. The first-order valence-corrected chi connectivity index (χ1v) is 7.44. The fourth-order valence-electron chi connectivity index (χ4n) is 1.79. The van der Waals surface area contributed by atoms with E-state index < -0.39 is 0 Å². The van der Waals surface area contributed by atoms with Crippen LogP contribution in [-0.2, 0) is 4.79 Å². The van der Waals surface area contributed by atoms with Crippen molar-refractivity contribution in [3.63, 3.8) is 0 Å². The Morgan fingerprint density at radius 3 is 2.40 bits per heavy atom. The summed E-state index contributed by atoms with van der Waals surface area (Å²) in [6.07, 6.45) is 1.01. The molecule has 0 saturated carbocycles. The number of nitrogens with zero attached hydrogens (tertiary/aromatic N) is 1. The van der Waals surface area contributed by atoms with Crippen LogP contribution in [0.15, 0.2) is 28.7 Å². The Morgan fingerprint density at radius 1 is 1.10 bits per heavy atom. The lowest BCUT2D eigenvalue weighted by atomic mass is 10.3. The molecule has 6 heteroatoms. The molecule has 0 atom stereocenters. The molecular formula is C14H21BrN2O3. The van der Waals surface area contributed by atoms with E-state index >= 15 is 0 Å². The molecule has 0 aliphatic carbocycles. The topological polar surface area (TPSA) is 72.8 Å². The molecule has 0 aliphatic heterocycles. The smallest absolute Gasteiger partial charge is 0.225 e. The van der Waals surface area contributed by atoms with Crippen LogP contribution in [0.3, 0.4) is 0 Å². The van der Waals surface area contributed by atoms with Gasteiger partial charge in [0.2, 0.25) is 5.91 Å². The fraction of sp³-hybridized carbons (Fsp3) is 0.500. The van der Waals surface area contributed by atoms with Crippen LogP contribution in [-0.4, -0.2) is 53.9 Å². The Kier molecular flexibility index (Phi) is 8.45. The minimum absolute atomic E-state index is 0.0553. The molecule has 0 radical (unpaired) electrons. The Hall–Kier alpha value is -0.950. The molecular weight excluding hydrogens is 324 g/mol. The summed E-state index contributed by atoms with van der Waals surface area (Å²) in [5.74, 6) is -0.0562. The van der Waals surface area contributed by atoms with Gasteiger partial charge in [-0.2, -0.15) is 0 Å². The third-order valence-corrected chi connectivity index (χ3v) is 3.36. The molecule has 0 spiro atoms. The Labute approximate surface area is 127 Å². The maximum Gasteiger partial charge on any atom is 0.225 e. The van der Waals surface area contributed by atoms with Gasteiger partial charge in [0.1, 0.15) is 0 Å². The molecule has 1 amide bonds. The highest BCUT2D eigenvalue weighted by Gasteiger charge is 2.08. The predicted octanol–water partition coefficient (Wildman–Crippen LogP) is 1.45.